The van der Waals surface area contributed by atoms with Gasteiger partial charge in [-0.05, 0) is 48.4 Å². The van der Waals surface area contributed by atoms with Gasteiger partial charge < -0.3 is 15.0 Å². The number of ether oxygens (including phenoxy) is 1. The van der Waals surface area contributed by atoms with Crippen LogP contribution in [0.25, 0.3) is 11.3 Å². The summed E-state index contributed by atoms with van der Waals surface area (Å²) in [6.45, 7) is 2.19. The Kier molecular flexibility index (Phi) is 5.18. The van der Waals surface area contributed by atoms with Crippen molar-refractivity contribution in [1.82, 2.24) is 4.57 Å². The summed E-state index contributed by atoms with van der Waals surface area (Å²) < 4.78 is 45.6. The van der Waals surface area contributed by atoms with Crippen molar-refractivity contribution in [1.29, 1.82) is 0 Å². The van der Waals surface area contributed by atoms with Crippen LogP contribution in [-0.4, -0.2) is 17.6 Å². The fourth-order valence-electron chi connectivity index (χ4n) is 3.08. The number of hydrogen-bond acceptors (Lipinski definition) is 2. The number of methoxy groups -OCH3 is 1. The molecule has 4 nitrogen and oxygen atoms in total. The van der Waals surface area contributed by atoms with Crippen LogP contribution in [0.4, 0.5) is 13.2 Å². The molecule has 0 aliphatic rings. The van der Waals surface area contributed by atoms with Crippen LogP contribution in [0.3, 0.4) is 0 Å². The van der Waals surface area contributed by atoms with Crippen LogP contribution in [0, 0.1) is 6.92 Å². The summed E-state index contributed by atoms with van der Waals surface area (Å²) in [4.78, 5) is 11.8. The number of halogens is 3. The van der Waals surface area contributed by atoms with Crippen molar-refractivity contribution in [3.05, 3.63) is 77.0 Å². The molecular weight excluding hydrogens is 369 g/mol. The van der Waals surface area contributed by atoms with Gasteiger partial charge in [0.25, 0.3) is 5.91 Å². The molecule has 0 unspecified atom stereocenters. The number of nitrogens with two attached hydrogens (primary N) is 1. The second kappa shape index (κ2) is 7.42. The van der Waals surface area contributed by atoms with E-state index in [2.05, 4.69) is 0 Å². The molecule has 0 aliphatic carbocycles. The van der Waals surface area contributed by atoms with E-state index in [1.54, 1.807) is 20.1 Å². The van der Waals surface area contributed by atoms with Crippen molar-refractivity contribution in [2.75, 3.05) is 7.11 Å². The van der Waals surface area contributed by atoms with Gasteiger partial charge in [0.05, 0.1) is 18.2 Å². The number of benzene rings is 2. The zero-order chi connectivity index (χ0) is 20.5. The van der Waals surface area contributed by atoms with Crippen molar-refractivity contribution < 1.29 is 22.7 Å². The minimum Gasteiger partial charge on any atom is -0.497 e. The highest BCUT2D eigenvalue weighted by molar-refractivity contribution is 5.95. The lowest BCUT2D eigenvalue weighted by atomic mass is 10.1. The molecule has 3 aromatic rings. The van der Waals surface area contributed by atoms with Crippen LogP contribution in [-0.2, 0) is 12.7 Å². The molecule has 0 bridgehead atoms. The van der Waals surface area contributed by atoms with Crippen LogP contribution >= 0.6 is 0 Å². The quantitative estimate of drug-likeness (QED) is 0.692. The summed E-state index contributed by atoms with van der Waals surface area (Å²) >= 11 is 0. The van der Waals surface area contributed by atoms with Crippen LogP contribution in [0.5, 0.6) is 5.75 Å². The van der Waals surface area contributed by atoms with Gasteiger partial charge in [-0.25, -0.2) is 0 Å². The lowest BCUT2D eigenvalue weighted by Crippen LogP contribution is -2.12. The Morgan fingerprint density at radius 3 is 2.18 bits per heavy atom. The van der Waals surface area contributed by atoms with Gasteiger partial charge in [-0.15, -0.1) is 0 Å². The third-order valence-corrected chi connectivity index (χ3v) is 4.64. The van der Waals surface area contributed by atoms with E-state index in [4.69, 9.17) is 10.5 Å². The highest BCUT2D eigenvalue weighted by atomic mass is 19.4. The molecule has 0 spiro atoms. The van der Waals surface area contributed by atoms with E-state index < -0.39 is 17.6 Å². The summed E-state index contributed by atoms with van der Waals surface area (Å²) in [5, 5.41) is 0. The van der Waals surface area contributed by atoms with Crippen molar-refractivity contribution in [2.45, 2.75) is 19.6 Å². The van der Waals surface area contributed by atoms with Crippen molar-refractivity contribution in [3.8, 4) is 17.0 Å². The standard InChI is InChI=1S/C21H19F3N2O2/c1-13-18(20(25)27)11-19(15-5-7-16(8-6-15)21(22,23)24)26(13)12-14-3-9-17(28-2)10-4-14/h3-11H,12H2,1-2H3,(H2,25,27). The van der Waals surface area contributed by atoms with E-state index in [1.165, 1.54) is 12.1 Å². The third-order valence-electron chi connectivity index (χ3n) is 4.64. The average Bonchev–Trinajstić information content (AvgIpc) is 2.98. The summed E-state index contributed by atoms with van der Waals surface area (Å²) in [7, 11) is 1.58. The first-order valence-corrected chi connectivity index (χ1v) is 8.51. The molecule has 0 saturated heterocycles. The number of rotatable bonds is 5. The van der Waals surface area contributed by atoms with E-state index in [0.29, 0.717) is 34.8 Å². The largest absolute Gasteiger partial charge is 0.497 e. The SMILES string of the molecule is COc1ccc(Cn2c(-c3ccc(C(F)(F)F)cc3)cc(C(N)=O)c2C)cc1. The minimum absolute atomic E-state index is 0.336. The van der Waals surface area contributed by atoms with Crippen molar-refractivity contribution in [2.24, 2.45) is 5.73 Å². The van der Waals surface area contributed by atoms with Gasteiger partial charge in [-0.1, -0.05) is 24.3 Å². The second-order valence-corrected chi connectivity index (χ2v) is 6.40. The second-order valence-electron chi connectivity index (χ2n) is 6.40. The number of nitrogens with zero attached hydrogens (tertiary/aromatic N) is 1. The molecule has 0 atom stereocenters. The lowest BCUT2D eigenvalue weighted by molar-refractivity contribution is -0.137. The molecule has 0 aliphatic heterocycles. The predicted octanol–water partition coefficient (Wildman–Crippen LogP) is 4.64. The van der Waals surface area contributed by atoms with E-state index in [9.17, 15) is 18.0 Å². The number of aromatic nitrogens is 1. The molecule has 0 fully saturated rings. The van der Waals surface area contributed by atoms with Gasteiger partial charge >= 0.3 is 6.18 Å². The smallest absolute Gasteiger partial charge is 0.416 e. The summed E-state index contributed by atoms with van der Waals surface area (Å²) in [6.07, 6.45) is -4.40. The number of amides is 1. The van der Waals surface area contributed by atoms with Crippen LogP contribution in [0.1, 0.15) is 27.2 Å². The monoisotopic (exact) mass is 388 g/mol. The summed E-state index contributed by atoms with van der Waals surface area (Å²) in [5.41, 5.74) is 7.87. The number of primary amides is 1. The Hall–Kier alpha value is -3.22. The molecular formula is C21H19F3N2O2. The summed E-state index contributed by atoms with van der Waals surface area (Å²) in [5.74, 6) is 0.132. The zero-order valence-electron chi connectivity index (χ0n) is 15.4. The Labute approximate surface area is 160 Å². The predicted molar refractivity (Wildman–Crippen MR) is 100 cm³/mol. The highest BCUT2D eigenvalue weighted by Crippen LogP contribution is 2.32. The van der Waals surface area contributed by atoms with Crippen molar-refractivity contribution >= 4 is 5.91 Å². The number of carbonyl (C=O) groups excluding carboxylic acids is 1. The Morgan fingerprint density at radius 1 is 1.07 bits per heavy atom. The molecule has 28 heavy (non-hydrogen) atoms. The van der Waals surface area contributed by atoms with Crippen LogP contribution in [0.2, 0.25) is 0 Å². The number of alkyl halides is 3. The van der Waals surface area contributed by atoms with E-state index in [-0.39, 0.29) is 0 Å². The fraction of sp³-hybridized carbons (Fsp3) is 0.190. The van der Waals surface area contributed by atoms with Gasteiger partial charge in [0.15, 0.2) is 0 Å². The van der Waals surface area contributed by atoms with Gasteiger partial charge in [0.1, 0.15) is 5.75 Å². The molecule has 3 rings (SSSR count). The molecule has 1 amide bonds. The maximum atomic E-state index is 12.8. The molecule has 1 heterocycles. The first kappa shape index (κ1) is 19.5. The van der Waals surface area contributed by atoms with Gasteiger partial charge in [-0.3, -0.25) is 4.79 Å². The molecule has 0 radical (unpaired) electrons. The van der Waals surface area contributed by atoms with Crippen LogP contribution in [0.15, 0.2) is 54.6 Å². The maximum absolute atomic E-state index is 12.8. The van der Waals surface area contributed by atoms with E-state index in [1.807, 2.05) is 28.8 Å². The van der Waals surface area contributed by atoms with E-state index >= 15 is 0 Å². The molecule has 7 heteroatoms. The number of carbonyl (C=O) groups is 1. The number of hydrogen-bond donors (Lipinski definition) is 1. The summed E-state index contributed by atoms with van der Waals surface area (Å²) in [6, 6.07) is 13.9. The van der Waals surface area contributed by atoms with Gasteiger partial charge in [0, 0.05) is 17.9 Å². The zero-order valence-corrected chi connectivity index (χ0v) is 15.4. The van der Waals surface area contributed by atoms with Gasteiger partial charge in [-0.2, -0.15) is 13.2 Å². The molecule has 2 aromatic carbocycles. The van der Waals surface area contributed by atoms with E-state index in [0.717, 1.165) is 17.7 Å². The normalized spacial score (nSPS) is 11.5. The topological polar surface area (TPSA) is 57.2 Å². The lowest BCUT2D eigenvalue weighted by Gasteiger charge is -2.14. The third kappa shape index (κ3) is 3.88. The first-order chi connectivity index (χ1) is 13.2. The van der Waals surface area contributed by atoms with Crippen molar-refractivity contribution in [3.63, 3.8) is 0 Å². The Morgan fingerprint density at radius 2 is 1.68 bits per heavy atom. The average molecular weight is 388 g/mol. The molecule has 2 N–H and O–H groups in total. The first-order valence-electron chi connectivity index (χ1n) is 8.51. The highest BCUT2D eigenvalue weighted by Gasteiger charge is 2.30. The Balaban J connectivity index is 2.04. The van der Waals surface area contributed by atoms with Gasteiger partial charge in [0.2, 0.25) is 0 Å². The molecule has 146 valence electrons. The molecule has 1 aromatic heterocycles. The maximum Gasteiger partial charge on any atom is 0.416 e. The Bertz CT molecular complexity index is 988. The van der Waals surface area contributed by atoms with Crippen LogP contribution < -0.4 is 10.5 Å². The molecule has 0 saturated carbocycles. The fourth-order valence-corrected chi connectivity index (χ4v) is 3.08. The minimum atomic E-state index is -4.40.